The van der Waals surface area contributed by atoms with Gasteiger partial charge >= 0.3 is 5.97 Å². The third-order valence-corrected chi connectivity index (χ3v) is 3.02. The molecule has 2 heterocycles. The minimum atomic E-state index is -0.474. The Morgan fingerprint density at radius 1 is 1.59 bits per heavy atom. The van der Waals surface area contributed by atoms with Crippen LogP contribution in [0, 0.1) is 5.92 Å². The van der Waals surface area contributed by atoms with Crippen LogP contribution in [0.5, 0.6) is 0 Å². The molecular formula is C11H18N4O2. The Balaban J connectivity index is 2.09. The van der Waals surface area contributed by atoms with Gasteiger partial charge in [0.05, 0.1) is 12.6 Å². The van der Waals surface area contributed by atoms with Gasteiger partial charge in [-0.25, -0.2) is 9.78 Å². The van der Waals surface area contributed by atoms with Crippen molar-refractivity contribution in [1.29, 1.82) is 0 Å². The highest BCUT2D eigenvalue weighted by atomic mass is 16.5. The molecular weight excluding hydrogens is 220 g/mol. The number of esters is 1. The van der Waals surface area contributed by atoms with Gasteiger partial charge in [0.1, 0.15) is 5.82 Å². The minimum absolute atomic E-state index is 0.112. The molecule has 6 nitrogen and oxygen atoms in total. The standard InChI is InChI=1S/C11H18N4O2/c1-3-17-11(16)10-13-9(14-15-10)8-7(2)5-4-6-12-8/h7-8,12H,3-6H2,1-2H3,(H,13,14,15). The van der Waals surface area contributed by atoms with Gasteiger partial charge in [-0.1, -0.05) is 6.92 Å². The molecule has 1 fully saturated rings. The summed E-state index contributed by atoms with van der Waals surface area (Å²) in [5.41, 5.74) is 0. The van der Waals surface area contributed by atoms with E-state index in [9.17, 15) is 4.79 Å². The third-order valence-electron chi connectivity index (χ3n) is 3.02. The predicted octanol–water partition coefficient (Wildman–Crippen LogP) is 1.04. The zero-order valence-electron chi connectivity index (χ0n) is 10.2. The van der Waals surface area contributed by atoms with E-state index in [0.29, 0.717) is 12.5 Å². The number of H-pyrrole nitrogens is 1. The fourth-order valence-electron chi connectivity index (χ4n) is 2.12. The normalized spacial score (nSPS) is 24.6. The SMILES string of the molecule is CCOC(=O)c1n[nH]c(C2NCCCC2C)n1. The molecule has 0 saturated carbocycles. The Hall–Kier alpha value is -1.43. The van der Waals surface area contributed by atoms with Gasteiger partial charge in [0, 0.05) is 0 Å². The van der Waals surface area contributed by atoms with Gasteiger partial charge in [-0.2, -0.15) is 0 Å². The van der Waals surface area contributed by atoms with E-state index in [1.807, 2.05) is 0 Å². The first-order chi connectivity index (χ1) is 8.22. The van der Waals surface area contributed by atoms with Crippen molar-refractivity contribution in [3.8, 4) is 0 Å². The van der Waals surface area contributed by atoms with E-state index >= 15 is 0 Å². The molecule has 2 rings (SSSR count). The molecule has 1 saturated heterocycles. The van der Waals surface area contributed by atoms with Crippen LogP contribution in [0.15, 0.2) is 0 Å². The number of ether oxygens (including phenoxy) is 1. The van der Waals surface area contributed by atoms with Gasteiger partial charge in [0.15, 0.2) is 0 Å². The largest absolute Gasteiger partial charge is 0.460 e. The average Bonchev–Trinajstić information content (AvgIpc) is 2.79. The fraction of sp³-hybridized carbons (Fsp3) is 0.727. The van der Waals surface area contributed by atoms with Crippen LogP contribution in [0.1, 0.15) is 49.2 Å². The summed E-state index contributed by atoms with van der Waals surface area (Å²) < 4.78 is 4.85. The van der Waals surface area contributed by atoms with Crippen molar-refractivity contribution < 1.29 is 9.53 Å². The highest BCUT2D eigenvalue weighted by Crippen LogP contribution is 2.26. The molecule has 0 aliphatic carbocycles. The Morgan fingerprint density at radius 2 is 2.41 bits per heavy atom. The van der Waals surface area contributed by atoms with E-state index in [2.05, 4.69) is 27.4 Å². The number of nitrogens with zero attached hydrogens (tertiary/aromatic N) is 2. The van der Waals surface area contributed by atoms with Crippen molar-refractivity contribution in [2.24, 2.45) is 5.92 Å². The maximum atomic E-state index is 11.4. The van der Waals surface area contributed by atoms with Crippen LogP contribution in [0.4, 0.5) is 0 Å². The molecule has 0 bridgehead atoms. The Kier molecular flexibility index (Phi) is 3.73. The number of aromatic nitrogens is 3. The summed E-state index contributed by atoms with van der Waals surface area (Å²) in [4.78, 5) is 15.6. The summed E-state index contributed by atoms with van der Waals surface area (Å²) in [7, 11) is 0. The molecule has 2 atom stereocenters. The van der Waals surface area contributed by atoms with Gasteiger partial charge in [0.2, 0.25) is 0 Å². The summed E-state index contributed by atoms with van der Waals surface area (Å²) in [5, 5.41) is 10.1. The maximum Gasteiger partial charge on any atom is 0.378 e. The lowest BCUT2D eigenvalue weighted by atomic mass is 9.92. The molecule has 17 heavy (non-hydrogen) atoms. The Bertz CT molecular complexity index is 391. The lowest BCUT2D eigenvalue weighted by molar-refractivity contribution is 0.0512. The number of piperidine rings is 1. The smallest absolute Gasteiger partial charge is 0.378 e. The molecule has 0 spiro atoms. The van der Waals surface area contributed by atoms with Crippen molar-refractivity contribution in [2.45, 2.75) is 32.7 Å². The zero-order chi connectivity index (χ0) is 12.3. The molecule has 6 heteroatoms. The third kappa shape index (κ3) is 2.63. The summed E-state index contributed by atoms with van der Waals surface area (Å²) >= 11 is 0. The second-order valence-corrected chi connectivity index (χ2v) is 4.32. The number of carbonyl (C=O) groups is 1. The number of hydrogen-bond acceptors (Lipinski definition) is 5. The first kappa shape index (κ1) is 12.0. The average molecular weight is 238 g/mol. The highest BCUT2D eigenvalue weighted by Gasteiger charge is 2.26. The van der Waals surface area contributed by atoms with Gasteiger partial charge in [-0.15, -0.1) is 5.10 Å². The first-order valence-corrected chi connectivity index (χ1v) is 6.05. The van der Waals surface area contributed by atoms with E-state index in [-0.39, 0.29) is 11.9 Å². The van der Waals surface area contributed by atoms with Gasteiger partial charge < -0.3 is 10.1 Å². The molecule has 2 N–H and O–H groups in total. The predicted molar refractivity (Wildman–Crippen MR) is 61.5 cm³/mol. The number of rotatable bonds is 3. The van der Waals surface area contributed by atoms with Crippen LogP contribution in [0.25, 0.3) is 0 Å². The van der Waals surface area contributed by atoms with E-state index in [1.54, 1.807) is 6.92 Å². The van der Waals surface area contributed by atoms with Crippen LogP contribution in [0.3, 0.4) is 0 Å². The molecule has 94 valence electrons. The Labute approximate surface area is 100 Å². The van der Waals surface area contributed by atoms with Crippen molar-refractivity contribution in [2.75, 3.05) is 13.2 Å². The quantitative estimate of drug-likeness (QED) is 0.769. The minimum Gasteiger partial charge on any atom is -0.460 e. The van der Waals surface area contributed by atoms with Crippen LogP contribution in [-0.2, 0) is 4.74 Å². The zero-order valence-corrected chi connectivity index (χ0v) is 10.2. The topological polar surface area (TPSA) is 79.9 Å². The molecule has 0 radical (unpaired) electrons. The van der Waals surface area contributed by atoms with Crippen LogP contribution < -0.4 is 5.32 Å². The van der Waals surface area contributed by atoms with Crippen LogP contribution in [-0.4, -0.2) is 34.3 Å². The second kappa shape index (κ2) is 5.27. The van der Waals surface area contributed by atoms with Crippen molar-refractivity contribution in [3.05, 3.63) is 11.6 Å². The number of carbonyl (C=O) groups excluding carboxylic acids is 1. The van der Waals surface area contributed by atoms with E-state index in [1.165, 1.54) is 6.42 Å². The van der Waals surface area contributed by atoms with Crippen molar-refractivity contribution in [3.63, 3.8) is 0 Å². The number of hydrogen-bond donors (Lipinski definition) is 2. The number of nitrogens with one attached hydrogen (secondary N) is 2. The first-order valence-electron chi connectivity index (χ1n) is 6.05. The van der Waals surface area contributed by atoms with Crippen molar-refractivity contribution in [1.82, 2.24) is 20.5 Å². The molecule has 1 aliphatic heterocycles. The molecule has 1 aliphatic rings. The van der Waals surface area contributed by atoms with Gasteiger partial charge in [0.25, 0.3) is 5.82 Å². The lowest BCUT2D eigenvalue weighted by Gasteiger charge is -2.27. The summed E-state index contributed by atoms with van der Waals surface area (Å²) in [6, 6.07) is 0.152. The van der Waals surface area contributed by atoms with Gasteiger partial charge in [-0.05, 0) is 32.2 Å². The van der Waals surface area contributed by atoms with E-state index in [0.717, 1.165) is 18.8 Å². The Morgan fingerprint density at radius 3 is 3.12 bits per heavy atom. The summed E-state index contributed by atoms with van der Waals surface area (Å²) in [6.45, 7) is 5.24. The fourth-order valence-corrected chi connectivity index (χ4v) is 2.12. The molecule has 1 aromatic heterocycles. The monoisotopic (exact) mass is 238 g/mol. The van der Waals surface area contributed by atoms with E-state index < -0.39 is 5.97 Å². The molecule has 1 aromatic rings. The number of aromatic amines is 1. The molecule has 2 unspecified atom stereocenters. The summed E-state index contributed by atoms with van der Waals surface area (Å²) in [6.07, 6.45) is 2.34. The van der Waals surface area contributed by atoms with Gasteiger partial charge in [-0.3, -0.25) is 5.10 Å². The second-order valence-electron chi connectivity index (χ2n) is 4.32. The lowest BCUT2D eigenvalue weighted by Crippen LogP contribution is -2.33. The summed E-state index contributed by atoms with van der Waals surface area (Å²) in [5.74, 6) is 0.854. The van der Waals surface area contributed by atoms with Crippen LogP contribution in [0.2, 0.25) is 0 Å². The molecule has 0 amide bonds. The van der Waals surface area contributed by atoms with Crippen LogP contribution >= 0.6 is 0 Å². The maximum absolute atomic E-state index is 11.4. The molecule has 0 aromatic carbocycles. The van der Waals surface area contributed by atoms with E-state index in [4.69, 9.17) is 4.74 Å². The highest BCUT2D eigenvalue weighted by molar-refractivity contribution is 5.84. The van der Waals surface area contributed by atoms with Crippen molar-refractivity contribution >= 4 is 5.97 Å².